The van der Waals surface area contributed by atoms with Crippen molar-refractivity contribution in [2.45, 2.75) is 11.4 Å². The first kappa shape index (κ1) is 18.7. The van der Waals surface area contributed by atoms with Crippen LogP contribution in [0, 0.1) is 0 Å². The van der Waals surface area contributed by atoms with Crippen molar-refractivity contribution in [3.05, 3.63) is 54.4 Å². The van der Waals surface area contributed by atoms with Crippen LogP contribution in [0.15, 0.2) is 62.6 Å². The van der Waals surface area contributed by atoms with Gasteiger partial charge in [-0.3, -0.25) is 0 Å². The van der Waals surface area contributed by atoms with Gasteiger partial charge in [0.1, 0.15) is 18.0 Å². The Morgan fingerprint density at radius 3 is 2.54 bits per heavy atom. The van der Waals surface area contributed by atoms with Gasteiger partial charge in [-0.15, -0.1) is 0 Å². The fraction of sp³-hybridized carbons (Fsp3) is 0.316. The lowest BCUT2D eigenvalue weighted by atomic mass is 10.3. The van der Waals surface area contributed by atoms with Crippen molar-refractivity contribution in [3.63, 3.8) is 0 Å². The third-order valence-corrected chi connectivity index (χ3v) is 6.79. The summed E-state index contributed by atoms with van der Waals surface area (Å²) in [5.41, 5.74) is 0.827. The van der Waals surface area contributed by atoms with Crippen molar-refractivity contribution >= 4 is 10.0 Å². The van der Waals surface area contributed by atoms with Gasteiger partial charge in [-0.1, -0.05) is 5.16 Å². The highest BCUT2D eigenvalue weighted by Crippen LogP contribution is 2.21. The van der Waals surface area contributed by atoms with Crippen LogP contribution in [-0.4, -0.2) is 51.2 Å². The van der Waals surface area contributed by atoms with E-state index in [-0.39, 0.29) is 4.90 Å². The van der Waals surface area contributed by atoms with E-state index < -0.39 is 10.0 Å². The second-order valence-corrected chi connectivity index (χ2v) is 8.60. The van der Waals surface area contributed by atoms with Crippen LogP contribution in [0.25, 0.3) is 11.5 Å². The average Bonchev–Trinajstić information content (AvgIpc) is 3.40. The molecule has 148 valence electrons. The highest BCUT2D eigenvalue weighted by atomic mass is 32.2. The summed E-state index contributed by atoms with van der Waals surface area (Å²) in [4.78, 5) is 1.55. The standard InChI is InChI=1S/C19H21N3O5S/c1-25-16-4-6-17(7-5-16)28(23,24)22-10-8-21(9-11-22)14-15-13-19(27-20-15)18-3-2-12-26-18/h2-7,12-13H,8-11,14H2,1H3/p+1. The first-order chi connectivity index (χ1) is 13.6. The Hall–Kier alpha value is -2.62. The zero-order valence-corrected chi connectivity index (χ0v) is 16.3. The van der Waals surface area contributed by atoms with E-state index >= 15 is 0 Å². The molecule has 0 bridgehead atoms. The van der Waals surface area contributed by atoms with Crippen molar-refractivity contribution in [3.8, 4) is 17.3 Å². The number of quaternary nitrogens is 1. The van der Waals surface area contributed by atoms with Gasteiger partial charge in [-0.2, -0.15) is 4.31 Å². The Kier molecular flexibility index (Phi) is 5.21. The van der Waals surface area contributed by atoms with Gasteiger partial charge in [0.15, 0.2) is 5.76 Å². The van der Waals surface area contributed by atoms with E-state index in [0.717, 1.165) is 5.69 Å². The molecule has 0 spiro atoms. The Labute approximate surface area is 163 Å². The second-order valence-electron chi connectivity index (χ2n) is 6.67. The summed E-state index contributed by atoms with van der Waals surface area (Å²) < 4.78 is 42.9. The number of benzene rings is 1. The largest absolute Gasteiger partial charge is 0.497 e. The van der Waals surface area contributed by atoms with Crippen molar-refractivity contribution in [2.75, 3.05) is 33.3 Å². The van der Waals surface area contributed by atoms with E-state index in [1.807, 2.05) is 12.1 Å². The first-order valence-electron chi connectivity index (χ1n) is 9.03. The lowest BCUT2D eigenvalue weighted by Crippen LogP contribution is -3.13. The van der Waals surface area contributed by atoms with E-state index in [1.165, 1.54) is 9.21 Å². The van der Waals surface area contributed by atoms with Crippen molar-refractivity contribution < 1.29 is 27.0 Å². The van der Waals surface area contributed by atoms with E-state index in [0.29, 0.717) is 50.0 Å². The zero-order valence-electron chi connectivity index (χ0n) is 15.5. The number of nitrogens with one attached hydrogen (secondary N) is 1. The van der Waals surface area contributed by atoms with Crippen molar-refractivity contribution in [1.29, 1.82) is 0 Å². The first-order valence-corrected chi connectivity index (χ1v) is 10.5. The topological polar surface area (TPSA) is 90.2 Å². The molecule has 0 aliphatic carbocycles. The van der Waals surface area contributed by atoms with Crippen molar-refractivity contribution in [2.24, 2.45) is 0 Å². The van der Waals surface area contributed by atoms with Gasteiger partial charge < -0.3 is 18.6 Å². The van der Waals surface area contributed by atoms with Crippen LogP contribution in [0.2, 0.25) is 0 Å². The summed E-state index contributed by atoms with van der Waals surface area (Å²) in [5.74, 6) is 1.87. The maximum absolute atomic E-state index is 12.8. The van der Waals surface area contributed by atoms with Gasteiger partial charge >= 0.3 is 0 Å². The molecule has 1 aromatic carbocycles. The smallest absolute Gasteiger partial charge is 0.243 e. The van der Waals surface area contributed by atoms with Crippen LogP contribution in [0.4, 0.5) is 0 Å². The van der Waals surface area contributed by atoms with Crippen LogP contribution in [0.5, 0.6) is 5.75 Å². The monoisotopic (exact) mass is 404 g/mol. The molecule has 1 saturated heterocycles. The minimum absolute atomic E-state index is 0.288. The highest BCUT2D eigenvalue weighted by molar-refractivity contribution is 7.89. The van der Waals surface area contributed by atoms with Gasteiger partial charge in [-0.25, -0.2) is 8.42 Å². The lowest BCUT2D eigenvalue weighted by Gasteiger charge is -2.31. The highest BCUT2D eigenvalue weighted by Gasteiger charge is 2.30. The minimum atomic E-state index is -3.49. The number of nitrogens with zero attached hydrogens (tertiary/aromatic N) is 2. The van der Waals surface area contributed by atoms with E-state index in [2.05, 4.69) is 5.16 Å². The lowest BCUT2D eigenvalue weighted by molar-refractivity contribution is -0.917. The predicted molar refractivity (Wildman–Crippen MR) is 100 cm³/mol. The summed E-state index contributed by atoms with van der Waals surface area (Å²) >= 11 is 0. The summed E-state index contributed by atoms with van der Waals surface area (Å²) in [5, 5.41) is 4.10. The number of rotatable bonds is 6. The molecular weight excluding hydrogens is 382 g/mol. The Morgan fingerprint density at radius 2 is 1.89 bits per heavy atom. The number of piperazine rings is 1. The minimum Gasteiger partial charge on any atom is -0.497 e. The van der Waals surface area contributed by atoms with E-state index in [9.17, 15) is 8.42 Å². The van der Waals surface area contributed by atoms with Gasteiger partial charge in [0.2, 0.25) is 15.8 Å². The van der Waals surface area contributed by atoms with Crippen LogP contribution in [0.1, 0.15) is 5.69 Å². The number of furan rings is 1. The molecule has 8 nitrogen and oxygen atoms in total. The maximum Gasteiger partial charge on any atom is 0.243 e. The van der Waals surface area contributed by atoms with E-state index in [1.54, 1.807) is 43.7 Å². The summed E-state index contributed by atoms with van der Waals surface area (Å²) in [7, 11) is -1.94. The number of sulfonamides is 1. The third kappa shape index (κ3) is 3.82. The molecule has 1 aliphatic rings. The normalized spacial score (nSPS) is 16.3. The maximum atomic E-state index is 12.8. The van der Waals surface area contributed by atoms with Crippen LogP contribution >= 0.6 is 0 Å². The SMILES string of the molecule is COc1ccc(S(=O)(=O)N2CC[NH+](Cc3cc(-c4ccco4)on3)CC2)cc1. The molecule has 1 N–H and O–H groups in total. The molecule has 0 amide bonds. The molecule has 0 unspecified atom stereocenters. The molecule has 2 aromatic heterocycles. The molecule has 3 aromatic rings. The Balaban J connectivity index is 1.36. The summed E-state index contributed by atoms with van der Waals surface area (Å²) in [6.45, 7) is 3.02. The zero-order chi connectivity index (χ0) is 19.6. The van der Waals surface area contributed by atoms with Gasteiger partial charge in [0.25, 0.3) is 0 Å². The van der Waals surface area contributed by atoms with Crippen LogP contribution in [-0.2, 0) is 16.6 Å². The summed E-state index contributed by atoms with van der Waals surface area (Å²) in [6.07, 6.45) is 1.59. The third-order valence-electron chi connectivity index (χ3n) is 4.88. The number of methoxy groups -OCH3 is 1. The fourth-order valence-electron chi connectivity index (χ4n) is 3.30. The molecule has 3 heterocycles. The Morgan fingerprint density at radius 1 is 1.14 bits per heavy atom. The predicted octanol–water partition coefficient (Wildman–Crippen LogP) is 1.03. The molecule has 9 heteroatoms. The molecular formula is C19H22N3O5S+. The van der Waals surface area contributed by atoms with E-state index in [4.69, 9.17) is 13.7 Å². The fourth-order valence-corrected chi connectivity index (χ4v) is 4.74. The number of hydrogen-bond donors (Lipinski definition) is 1. The molecule has 0 atom stereocenters. The summed E-state index contributed by atoms with van der Waals surface area (Å²) in [6, 6.07) is 12.0. The number of ether oxygens (including phenoxy) is 1. The number of hydrogen-bond acceptors (Lipinski definition) is 6. The van der Waals surface area contributed by atoms with Crippen molar-refractivity contribution in [1.82, 2.24) is 9.46 Å². The quantitative estimate of drug-likeness (QED) is 0.660. The second kappa shape index (κ2) is 7.78. The molecule has 28 heavy (non-hydrogen) atoms. The van der Waals surface area contributed by atoms with Gasteiger partial charge in [-0.05, 0) is 36.4 Å². The van der Waals surface area contributed by atoms with Gasteiger partial charge in [0.05, 0.1) is 44.4 Å². The molecule has 4 rings (SSSR count). The molecule has 0 radical (unpaired) electrons. The van der Waals surface area contributed by atoms with Gasteiger partial charge in [0, 0.05) is 6.07 Å². The van der Waals surface area contributed by atoms with Crippen LogP contribution < -0.4 is 9.64 Å². The Bertz CT molecular complexity index is 1000. The molecule has 1 fully saturated rings. The molecule has 0 saturated carbocycles. The number of aromatic nitrogens is 1. The average molecular weight is 404 g/mol. The van der Waals surface area contributed by atoms with Crippen LogP contribution in [0.3, 0.4) is 0 Å². The molecule has 1 aliphatic heterocycles.